The lowest BCUT2D eigenvalue weighted by molar-refractivity contribution is 0.120. The van der Waals surface area contributed by atoms with Gasteiger partial charge in [-0.2, -0.15) is 0 Å². The second-order valence-electron chi connectivity index (χ2n) is 3.56. The summed E-state index contributed by atoms with van der Waals surface area (Å²) in [6, 6.07) is 0. The fraction of sp³-hybridized carbons (Fsp3) is 0.600. The Labute approximate surface area is 114 Å². The molecular weight excluding hydrogens is 278 g/mol. The summed E-state index contributed by atoms with van der Waals surface area (Å²) in [5.74, 6) is 0.823. The minimum atomic E-state index is 0.328. The van der Waals surface area contributed by atoms with Crippen LogP contribution in [0.2, 0.25) is 0 Å². The summed E-state index contributed by atoms with van der Waals surface area (Å²) < 4.78 is 6.48. The number of anilines is 1. The van der Waals surface area contributed by atoms with Crippen molar-refractivity contribution in [3.05, 3.63) is 11.6 Å². The molecule has 0 aromatic carbocycles. The van der Waals surface area contributed by atoms with Gasteiger partial charge in [0.1, 0.15) is 0 Å². The van der Waals surface area contributed by atoms with E-state index < -0.39 is 0 Å². The van der Waals surface area contributed by atoms with Crippen LogP contribution in [0, 0.1) is 0 Å². The van der Waals surface area contributed by atoms with Gasteiger partial charge in [0, 0.05) is 24.4 Å². The summed E-state index contributed by atoms with van der Waals surface area (Å²) in [6.45, 7) is 1.70. The normalized spacial score (nSPS) is 20.2. The zero-order chi connectivity index (χ0) is 11.9. The summed E-state index contributed by atoms with van der Waals surface area (Å²) in [4.78, 5) is 0. The summed E-state index contributed by atoms with van der Waals surface area (Å²) >= 11 is 8.63. The van der Waals surface area contributed by atoms with Crippen molar-refractivity contribution in [2.24, 2.45) is 0 Å². The molecule has 1 aliphatic heterocycles. The molecule has 0 saturated carbocycles. The third-order valence-electron chi connectivity index (χ3n) is 2.30. The quantitative estimate of drug-likeness (QED) is 0.817. The van der Waals surface area contributed by atoms with Crippen LogP contribution < -0.4 is 5.32 Å². The van der Waals surface area contributed by atoms with Crippen LogP contribution in [-0.2, 0) is 4.74 Å². The molecule has 17 heavy (non-hydrogen) atoms. The van der Waals surface area contributed by atoms with E-state index in [1.807, 2.05) is 6.08 Å². The smallest absolute Gasteiger partial charge is 0.206 e. The Morgan fingerprint density at radius 2 is 2.53 bits per heavy atom. The zero-order valence-corrected chi connectivity index (χ0v) is 11.7. The first-order valence-corrected chi connectivity index (χ1v) is 7.69. The third kappa shape index (κ3) is 4.46. The Morgan fingerprint density at radius 3 is 3.29 bits per heavy atom. The monoisotopic (exact) mass is 291 g/mol. The fourth-order valence-electron chi connectivity index (χ4n) is 1.50. The Morgan fingerprint density at radius 1 is 1.59 bits per heavy atom. The van der Waals surface area contributed by atoms with Crippen molar-refractivity contribution in [1.29, 1.82) is 0 Å². The van der Waals surface area contributed by atoms with Gasteiger partial charge >= 0.3 is 0 Å². The molecule has 1 N–H and O–H groups in total. The largest absolute Gasteiger partial charge is 0.376 e. The SMILES string of the molecule is Cl/C=C/CSc1nnc(NCC2CCCO2)s1. The lowest BCUT2D eigenvalue weighted by Crippen LogP contribution is -2.18. The van der Waals surface area contributed by atoms with Crippen LogP contribution in [0.4, 0.5) is 5.13 Å². The van der Waals surface area contributed by atoms with E-state index in [4.69, 9.17) is 16.3 Å². The van der Waals surface area contributed by atoms with Gasteiger partial charge in [0.2, 0.25) is 5.13 Å². The second kappa shape index (κ2) is 7.20. The van der Waals surface area contributed by atoms with Crippen molar-refractivity contribution in [1.82, 2.24) is 10.2 Å². The maximum atomic E-state index is 5.53. The van der Waals surface area contributed by atoms with E-state index >= 15 is 0 Å². The third-order valence-corrected chi connectivity index (χ3v) is 4.45. The highest BCUT2D eigenvalue weighted by Gasteiger charge is 2.15. The van der Waals surface area contributed by atoms with Crippen molar-refractivity contribution in [3.8, 4) is 0 Å². The highest BCUT2D eigenvalue weighted by atomic mass is 35.5. The van der Waals surface area contributed by atoms with E-state index in [1.165, 1.54) is 5.54 Å². The number of nitrogens with one attached hydrogen (secondary N) is 1. The number of hydrogen-bond donors (Lipinski definition) is 1. The molecule has 1 saturated heterocycles. The second-order valence-corrected chi connectivity index (χ2v) is 6.06. The number of thioether (sulfide) groups is 1. The van der Waals surface area contributed by atoms with E-state index in [9.17, 15) is 0 Å². The van der Waals surface area contributed by atoms with E-state index in [0.29, 0.717) is 6.10 Å². The van der Waals surface area contributed by atoms with Gasteiger partial charge in [0.05, 0.1) is 6.10 Å². The summed E-state index contributed by atoms with van der Waals surface area (Å²) in [5.41, 5.74) is 1.52. The number of nitrogens with zero attached hydrogens (tertiary/aromatic N) is 2. The number of rotatable bonds is 6. The van der Waals surface area contributed by atoms with Gasteiger partial charge in [-0.3, -0.25) is 0 Å². The van der Waals surface area contributed by atoms with E-state index in [0.717, 1.165) is 41.2 Å². The first-order chi connectivity index (χ1) is 8.38. The van der Waals surface area contributed by atoms with Crippen LogP contribution in [0.25, 0.3) is 0 Å². The molecule has 0 radical (unpaired) electrons. The van der Waals surface area contributed by atoms with Crippen LogP contribution in [0.1, 0.15) is 12.8 Å². The molecule has 0 spiro atoms. The number of ether oxygens (including phenoxy) is 1. The first kappa shape index (κ1) is 13.1. The molecule has 1 unspecified atom stereocenters. The molecule has 0 amide bonds. The molecule has 4 nitrogen and oxygen atoms in total. The predicted molar refractivity (Wildman–Crippen MR) is 73.1 cm³/mol. The zero-order valence-electron chi connectivity index (χ0n) is 9.26. The van der Waals surface area contributed by atoms with Gasteiger partial charge in [-0.1, -0.05) is 40.8 Å². The molecule has 94 valence electrons. The highest BCUT2D eigenvalue weighted by molar-refractivity contribution is 8.01. The van der Waals surface area contributed by atoms with Gasteiger partial charge in [-0.15, -0.1) is 10.2 Å². The molecular formula is C10H14ClN3OS2. The predicted octanol–water partition coefficient (Wildman–Crippen LogP) is 2.97. The standard InChI is InChI=1S/C10H14ClN3OS2/c11-4-2-6-16-10-14-13-9(17-10)12-7-8-3-1-5-15-8/h2,4,8H,1,3,5-7H2,(H,12,13)/b4-2+. The molecule has 0 bridgehead atoms. The van der Waals surface area contributed by atoms with Crippen LogP contribution in [-0.4, -0.2) is 35.2 Å². The van der Waals surface area contributed by atoms with Crippen LogP contribution in [0.15, 0.2) is 16.0 Å². The summed E-state index contributed by atoms with van der Waals surface area (Å²) in [5, 5.41) is 12.3. The number of halogens is 1. The van der Waals surface area contributed by atoms with Crippen LogP contribution in [0.3, 0.4) is 0 Å². The van der Waals surface area contributed by atoms with Crippen molar-refractivity contribution < 1.29 is 4.74 Å². The van der Waals surface area contributed by atoms with Crippen LogP contribution >= 0.6 is 34.7 Å². The van der Waals surface area contributed by atoms with Gasteiger partial charge in [0.15, 0.2) is 4.34 Å². The maximum Gasteiger partial charge on any atom is 0.206 e. The molecule has 1 aromatic rings. The molecule has 1 atom stereocenters. The molecule has 2 heterocycles. The lowest BCUT2D eigenvalue weighted by atomic mass is 10.2. The van der Waals surface area contributed by atoms with Crippen LogP contribution in [0.5, 0.6) is 0 Å². The maximum absolute atomic E-state index is 5.53. The number of aromatic nitrogens is 2. The van der Waals surface area contributed by atoms with Gasteiger partial charge < -0.3 is 10.1 Å². The molecule has 1 fully saturated rings. The van der Waals surface area contributed by atoms with Gasteiger partial charge in [-0.25, -0.2) is 0 Å². The van der Waals surface area contributed by atoms with E-state index in [-0.39, 0.29) is 0 Å². The lowest BCUT2D eigenvalue weighted by Gasteiger charge is -2.08. The molecule has 1 aliphatic rings. The van der Waals surface area contributed by atoms with Crippen molar-refractivity contribution in [2.45, 2.75) is 23.3 Å². The van der Waals surface area contributed by atoms with Gasteiger partial charge in [-0.05, 0) is 12.8 Å². The molecule has 0 aliphatic carbocycles. The van der Waals surface area contributed by atoms with E-state index in [2.05, 4.69) is 15.5 Å². The average molecular weight is 292 g/mol. The van der Waals surface area contributed by atoms with Crippen molar-refractivity contribution in [3.63, 3.8) is 0 Å². The highest BCUT2D eigenvalue weighted by Crippen LogP contribution is 2.25. The molecule has 7 heteroatoms. The Hall–Kier alpha value is -0.300. The molecule has 1 aromatic heterocycles. The first-order valence-electron chi connectivity index (χ1n) is 5.45. The van der Waals surface area contributed by atoms with Crippen molar-refractivity contribution >= 4 is 39.8 Å². The van der Waals surface area contributed by atoms with Crippen molar-refractivity contribution in [2.75, 3.05) is 24.2 Å². The fourth-order valence-corrected chi connectivity index (χ4v) is 3.29. The van der Waals surface area contributed by atoms with E-state index in [1.54, 1.807) is 23.1 Å². The Balaban J connectivity index is 1.73. The number of hydrogen-bond acceptors (Lipinski definition) is 6. The minimum absolute atomic E-state index is 0.328. The Bertz CT molecular complexity index is 366. The minimum Gasteiger partial charge on any atom is -0.376 e. The topological polar surface area (TPSA) is 47.0 Å². The van der Waals surface area contributed by atoms with Gasteiger partial charge in [0.25, 0.3) is 0 Å². The molecule has 2 rings (SSSR count). The summed E-state index contributed by atoms with van der Waals surface area (Å²) in [6.07, 6.45) is 4.50. The average Bonchev–Trinajstić information content (AvgIpc) is 2.98. The Kier molecular flexibility index (Phi) is 5.57. The summed E-state index contributed by atoms with van der Waals surface area (Å²) in [7, 11) is 0.